The molecule has 0 aromatic carbocycles. The predicted molar refractivity (Wildman–Crippen MR) is 96.7 cm³/mol. The molecule has 8 heteroatoms. The van der Waals surface area contributed by atoms with E-state index in [0.717, 1.165) is 32.5 Å². The minimum absolute atomic E-state index is 0.000606. The number of nitrogens with zero attached hydrogens (tertiary/aromatic N) is 5. The van der Waals surface area contributed by atoms with Crippen molar-refractivity contribution in [1.29, 1.82) is 0 Å². The molecule has 1 aromatic rings. The molecule has 26 heavy (non-hydrogen) atoms. The van der Waals surface area contributed by atoms with Gasteiger partial charge in [0.2, 0.25) is 17.8 Å². The van der Waals surface area contributed by atoms with Gasteiger partial charge in [-0.05, 0) is 18.9 Å². The van der Waals surface area contributed by atoms with Crippen LogP contribution in [-0.4, -0.2) is 83.6 Å². The normalized spacial score (nSPS) is 20.3. The molecule has 2 aliphatic rings. The van der Waals surface area contributed by atoms with Crippen LogP contribution in [0, 0.1) is 0 Å². The first-order valence-corrected chi connectivity index (χ1v) is 9.30. The van der Waals surface area contributed by atoms with Crippen molar-refractivity contribution in [3.63, 3.8) is 0 Å². The van der Waals surface area contributed by atoms with Gasteiger partial charge in [0.15, 0.2) is 0 Å². The van der Waals surface area contributed by atoms with Crippen LogP contribution in [0.25, 0.3) is 0 Å². The fourth-order valence-electron chi connectivity index (χ4n) is 3.41. The predicted octanol–water partition coefficient (Wildman–Crippen LogP) is 0.543. The minimum atomic E-state index is -0.000606. The summed E-state index contributed by atoms with van der Waals surface area (Å²) in [4.78, 5) is 38.6. The second-order valence-electron chi connectivity index (χ2n) is 6.77. The first kappa shape index (κ1) is 18.6. The van der Waals surface area contributed by atoms with Crippen molar-refractivity contribution in [1.82, 2.24) is 19.8 Å². The highest BCUT2D eigenvalue weighted by Gasteiger charge is 2.24. The third-order valence-corrected chi connectivity index (χ3v) is 4.96. The summed E-state index contributed by atoms with van der Waals surface area (Å²) in [7, 11) is 0. The van der Waals surface area contributed by atoms with Crippen LogP contribution < -0.4 is 4.90 Å². The molecule has 1 unspecified atom stereocenters. The van der Waals surface area contributed by atoms with Crippen molar-refractivity contribution in [3.8, 4) is 0 Å². The van der Waals surface area contributed by atoms with Crippen LogP contribution in [0.3, 0.4) is 0 Å². The zero-order chi connectivity index (χ0) is 18.4. The molecule has 2 saturated heterocycles. The number of amides is 2. The number of ether oxygens (including phenoxy) is 1. The summed E-state index contributed by atoms with van der Waals surface area (Å²) in [6.07, 6.45) is 5.96. The molecule has 2 fully saturated rings. The Labute approximate surface area is 154 Å². The van der Waals surface area contributed by atoms with Crippen LogP contribution in [0.4, 0.5) is 5.95 Å². The summed E-state index contributed by atoms with van der Waals surface area (Å²) in [5.41, 5.74) is 0. The van der Waals surface area contributed by atoms with Crippen LogP contribution >= 0.6 is 0 Å². The molecule has 1 aromatic heterocycles. The lowest BCUT2D eigenvalue weighted by atomic mass is 10.2. The van der Waals surface area contributed by atoms with Gasteiger partial charge in [0, 0.05) is 71.6 Å². The lowest BCUT2D eigenvalue weighted by Gasteiger charge is -2.35. The van der Waals surface area contributed by atoms with Gasteiger partial charge in [0.1, 0.15) is 0 Å². The van der Waals surface area contributed by atoms with Gasteiger partial charge in [-0.2, -0.15) is 0 Å². The Morgan fingerprint density at radius 1 is 1.23 bits per heavy atom. The molecule has 0 bridgehead atoms. The van der Waals surface area contributed by atoms with Gasteiger partial charge in [-0.1, -0.05) is 0 Å². The number of rotatable bonds is 6. The van der Waals surface area contributed by atoms with Crippen LogP contribution in [0.15, 0.2) is 18.5 Å². The number of anilines is 1. The van der Waals surface area contributed by atoms with E-state index in [4.69, 9.17) is 4.74 Å². The fraction of sp³-hybridized carbons (Fsp3) is 0.667. The highest BCUT2D eigenvalue weighted by molar-refractivity contribution is 5.78. The number of hydrogen-bond donors (Lipinski definition) is 0. The molecule has 0 saturated carbocycles. The summed E-state index contributed by atoms with van der Waals surface area (Å²) in [6.45, 7) is 6.12. The SMILES string of the molecule is CC(=O)N(CCC(=O)N1CCN(c2ncccn2)CC1)CC1CCCO1. The van der Waals surface area contributed by atoms with Crippen molar-refractivity contribution >= 4 is 17.8 Å². The maximum Gasteiger partial charge on any atom is 0.225 e. The first-order chi connectivity index (χ1) is 12.6. The molecule has 3 heterocycles. The van der Waals surface area contributed by atoms with Crippen LogP contribution in [0.2, 0.25) is 0 Å². The van der Waals surface area contributed by atoms with Gasteiger partial charge in [-0.3, -0.25) is 9.59 Å². The highest BCUT2D eigenvalue weighted by atomic mass is 16.5. The Morgan fingerprint density at radius 3 is 2.58 bits per heavy atom. The van der Waals surface area contributed by atoms with E-state index in [1.54, 1.807) is 30.3 Å². The standard InChI is InChI=1S/C18H27N5O3/c1-15(24)23(14-16-4-2-13-26-16)8-5-17(25)21-9-11-22(12-10-21)18-19-6-3-7-20-18/h3,6-7,16H,2,4-5,8-14H2,1H3. The number of piperazine rings is 1. The van der Waals surface area contributed by atoms with Crippen LogP contribution in [-0.2, 0) is 14.3 Å². The van der Waals surface area contributed by atoms with Crippen molar-refractivity contribution in [2.75, 3.05) is 50.8 Å². The van der Waals surface area contributed by atoms with E-state index in [9.17, 15) is 9.59 Å². The third kappa shape index (κ3) is 4.91. The maximum absolute atomic E-state index is 12.5. The molecule has 0 aliphatic carbocycles. The second kappa shape index (κ2) is 8.93. The van der Waals surface area contributed by atoms with Gasteiger partial charge in [-0.15, -0.1) is 0 Å². The van der Waals surface area contributed by atoms with E-state index >= 15 is 0 Å². The average molecular weight is 361 g/mol. The topological polar surface area (TPSA) is 78.9 Å². The minimum Gasteiger partial charge on any atom is -0.376 e. The van der Waals surface area contributed by atoms with Crippen molar-refractivity contribution < 1.29 is 14.3 Å². The van der Waals surface area contributed by atoms with Crippen molar-refractivity contribution in [3.05, 3.63) is 18.5 Å². The van der Waals surface area contributed by atoms with Gasteiger partial charge in [-0.25, -0.2) is 9.97 Å². The van der Waals surface area contributed by atoms with Gasteiger partial charge < -0.3 is 19.4 Å². The van der Waals surface area contributed by atoms with Crippen molar-refractivity contribution in [2.24, 2.45) is 0 Å². The largest absolute Gasteiger partial charge is 0.376 e. The number of aromatic nitrogens is 2. The fourth-order valence-corrected chi connectivity index (χ4v) is 3.41. The van der Waals surface area contributed by atoms with Crippen LogP contribution in [0.5, 0.6) is 0 Å². The van der Waals surface area contributed by atoms with E-state index in [-0.39, 0.29) is 17.9 Å². The lowest BCUT2D eigenvalue weighted by molar-refractivity contribution is -0.134. The maximum atomic E-state index is 12.5. The summed E-state index contributed by atoms with van der Waals surface area (Å²) >= 11 is 0. The Morgan fingerprint density at radius 2 is 1.96 bits per heavy atom. The van der Waals surface area contributed by atoms with Gasteiger partial charge in [0.25, 0.3) is 0 Å². The summed E-state index contributed by atoms with van der Waals surface area (Å²) in [5, 5.41) is 0. The zero-order valence-corrected chi connectivity index (χ0v) is 15.3. The van der Waals surface area contributed by atoms with E-state index in [0.29, 0.717) is 38.5 Å². The number of hydrogen-bond acceptors (Lipinski definition) is 6. The van der Waals surface area contributed by atoms with E-state index in [2.05, 4.69) is 14.9 Å². The number of carbonyl (C=O) groups excluding carboxylic acids is 2. The first-order valence-electron chi connectivity index (χ1n) is 9.30. The zero-order valence-electron chi connectivity index (χ0n) is 15.3. The summed E-state index contributed by atoms with van der Waals surface area (Å²) in [6, 6.07) is 1.79. The lowest BCUT2D eigenvalue weighted by Crippen LogP contribution is -2.50. The quantitative estimate of drug-likeness (QED) is 0.736. The smallest absolute Gasteiger partial charge is 0.225 e. The molecule has 3 rings (SSSR count). The molecule has 0 spiro atoms. The molecule has 1 atom stereocenters. The van der Waals surface area contributed by atoms with Crippen LogP contribution in [0.1, 0.15) is 26.2 Å². The van der Waals surface area contributed by atoms with E-state index < -0.39 is 0 Å². The van der Waals surface area contributed by atoms with Crippen molar-refractivity contribution in [2.45, 2.75) is 32.3 Å². The van der Waals surface area contributed by atoms with E-state index in [1.807, 2.05) is 4.90 Å². The molecule has 2 amide bonds. The average Bonchev–Trinajstić information content (AvgIpc) is 3.18. The number of carbonyl (C=O) groups is 2. The summed E-state index contributed by atoms with van der Waals surface area (Å²) < 4.78 is 5.60. The molecule has 2 aliphatic heterocycles. The Kier molecular flexibility index (Phi) is 6.38. The molecule has 0 N–H and O–H groups in total. The molecular weight excluding hydrogens is 334 g/mol. The Balaban J connectivity index is 1.43. The molecule has 8 nitrogen and oxygen atoms in total. The molecule has 142 valence electrons. The third-order valence-electron chi connectivity index (χ3n) is 4.96. The monoisotopic (exact) mass is 361 g/mol. The summed E-state index contributed by atoms with van der Waals surface area (Å²) in [5.74, 6) is 0.801. The van der Waals surface area contributed by atoms with Gasteiger partial charge in [0.05, 0.1) is 6.10 Å². The second-order valence-corrected chi connectivity index (χ2v) is 6.77. The molecular formula is C18H27N5O3. The Bertz CT molecular complexity index is 598. The highest BCUT2D eigenvalue weighted by Crippen LogP contribution is 2.14. The molecule has 0 radical (unpaired) electrons. The van der Waals surface area contributed by atoms with E-state index in [1.165, 1.54) is 0 Å². The van der Waals surface area contributed by atoms with Gasteiger partial charge >= 0.3 is 0 Å². The Hall–Kier alpha value is -2.22.